The molecular formula is C15H23FN2O2. The van der Waals surface area contributed by atoms with Crippen molar-refractivity contribution < 1.29 is 14.2 Å². The van der Waals surface area contributed by atoms with Gasteiger partial charge in [0, 0.05) is 19.1 Å². The first-order valence-corrected chi connectivity index (χ1v) is 7.14. The van der Waals surface area contributed by atoms with Crippen molar-refractivity contribution in [3.63, 3.8) is 0 Å². The van der Waals surface area contributed by atoms with Crippen LogP contribution in [0.5, 0.6) is 0 Å². The summed E-state index contributed by atoms with van der Waals surface area (Å²) >= 11 is 0. The van der Waals surface area contributed by atoms with Crippen LogP contribution in [-0.2, 0) is 11.3 Å². The zero-order valence-electron chi connectivity index (χ0n) is 12.1. The number of ether oxygens (including phenoxy) is 1. The first-order chi connectivity index (χ1) is 9.67. The zero-order valence-corrected chi connectivity index (χ0v) is 12.1. The number of aliphatic hydroxyl groups is 1. The smallest absolute Gasteiger partial charge is 0.146 e. The monoisotopic (exact) mass is 282 g/mol. The van der Waals surface area contributed by atoms with Gasteiger partial charge in [-0.2, -0.15) is 0 Å². The average Bonchev–Trinajstić information content (AvgIpc) is 2.46. The van der Waals surface area contributed by atoms with Crippen molar-refractivity contribution in [1.29, 1.82) is 0 Å². The number of anilines is 1. The van der Waals surface area contributed by atoms with Gasteiger partial charge in [-0.1, -0.05) is 19.1 Å². The summed E-state index contributed by atoms with van der Waals surface area (Å²) < 4.78 is 19.8. The molecule has 2 unspecified atom stereocenters. The molecule has 1 aliphatic heterocycles. The fourth-order valence-electron chi connectivity index (χ4n) is 2.52. The summed E-state index contributed by atoms with van der Waals surface area (Å²) in [6.45, 7) is 6.48. The molecule has 4 nitrogen and oxygen atoms in total. The van der Waals surface area contributed by atoms with Crippen molar-refractivity contribution in [3.05, 3.63) is 29.6 Å². The van der Waals surface area contributed by atoms with Gasteiger partial charge in [0.05, 0.1) is 25.0 Å². The van der Waals surface area contributed by atoms with E-state index in [2.05, 4.69) is 5.32 Å². The highest BCUT2D eigenvalue weighted by Crippen LogP contribution is 2.28. The third kappa shape index (κ3) is 3.29. The molecule has 2 rings (SSSR count). The van der Waals surface area contributed by atoms with Crippen molar-refractivity contribution in [2.75, 3.05) is 31.2 Å². The molecule has 5 heteroatoms. The quantitative estimate of drug-likeness (QED) is 0.859. The van der Waals surface area contributed by atoms with Crippen molar-refractivity contribution in [1.82, 2.24) is 5.32 Å². The molecule has 0 saturated carbocycles. The van der Waals surface area contributed by atoms with E-state index < -0.39 is 0 Å². The first-order valence-electron chi connectivity index (χ1n) is 7.14. The molecule has 1 heterocycles. The van der Waals surface area contributed by atoms with Crippen molar-refractivity contribution in [2.24, 2.45) is 0 Å². The van der Waals surface area contributed by atoms with Gasteiger partial charge < -0.3 is 20.1 Å². The van der Waals surface area contributed by atoms with E-state index in [9.17, 15) is 9.50 Å². The molecule has 1 aromatic carbocycles. The molecule has 1 saturated heterocycles. The van der Waals surface area contributed by atoms with E-state index >= 15 is 0 Å². The Balaban J connectivity index is 2.29. The SMILES string of the molecule is CCNCc1cccc(F)c1N1CC(CO)OCC1C. The lowest BCUT2D eigenvalue weighted by Crippen LogP contribution is -2.50. The molecule has 20 heavy (non-hydrogen) atoms. The second kappa shape index (κ2) is 7.02. The van der Waals surface area contributed by atoms with Gasteiger partial charge in [0.1, 0.15) is 5.82 Å². The second-order valence-electron chi connectivity index (χ2n) is 5.17. The third-order valence-corrected chi connectivity index (χ3v) is 3.63. The zero-order chi connectivity index (χ0) is 14.5. The molecule has 1 fully saturated rings. The Bertz CT molecular complexity index is 442. The van der Waals surface area contributed by atoms with Gasteiger partial charge >= 0.3 is 0 Å². The number of morpholine rings is 1. The van der Waals surface area contributed by atoms with Gasteiger partial charge in [0.25, 0.3) is 0 Å². The second-order valence-corrected chi connectivity index (χ2v) is 5.17. The summed E-state index contributed by atoms with van der Waals surface area (Å²) in [5.41, 5.74) is 1.57. The maximum atomic E-state index is 14.3. The molecule has 2 N–H and O–H groups in total. The molecule has 0 aliphatic carbocycles. The normalized spacial score (nSPS) is 23.1. The predicted octanol–water partition coefficient (Wildman–Crippen LogP) is 1.52. The highest BCUT2D eigenvalue weighted by atomic mass is 19.1. The van der Waals surface area contributed by atoms with Crippen molar-refractivity contribution in [3.8, 4) is 0 Å². The van der Waals surface area contributed by atoms with Gasteiger partial charge in [-0.15, -0.1) is 0 Å². The molecule has 0 bridgehead atoms. The Kier molecular flexibility index (Phi) is 5.34. The summed E-state index contributed by atoms with van der Waals surface area (Å²) in [5, 5.41) is 12.5. The van der Waals surface area contributed by atoms with Crippen LogP contribution < -0.4 is 10.2 Å². The Morgan fingerprint density at radius 2 is 2.30 bits per heavy atom. The lowest BCUT2D eigenvalue weighted by Gasteiger charge is -2.40. The molecule has 112 valence electrons. The number of para-hydroxylation sites is 1. The molecule has 0 aromatic heterocycles. The number of hydrogen-bond donors (Lipinski definition) is 2. The summed E-state index contributed by atoms with van der Waals surface area (Å²) in [6.07, 6.45) is -0.252. The number of hydrogen-bond acceptors (Lipinski definition) is 4. The lowest BCUT2D eigenvalue weighted by atomic mass is 10.1. The molecular weight excluding hydrogens is 259 g/mol. The average molecular weight is 282 g/mol. The number of nitrogens with zero attached hydrogens (tertiary/aromatic N) is 1. The fourth-order valence-corrected chi connectivity index (χ4v) is 2.52. The molecule has 0 amide bonds. The Labute approximate surface area is 119 Å². The number of nitrogens with one attached hydrogen (secondary N) is 1. The maximum absolute atomic E-state index is 14.3. The third-order valence-electron chi connectivity index (χ3n) is 3.63. The van der Waals surface area contributed by atoms with Crippen LogP contribution in [0, 0.1) is 5.82 Å². The Morgan fingerprint density at radius 3 is 3.00 bits per heavy atom. The predicted molar refractivity (Wildman–Crippen MR) is 77.4 cm³/mol. The van der Waals surface area contributed by atoms with Crippen LogP contribution in [0.15, 0.2) is 18.2 Å². The van der Waals surface area contributed by atoms with Crippen LogP contribution in [0.3, 0.4) is 0 Å². The highest BCUT2D eigenvalue weighted by Gasteiger charge is 2.28. The van der Waals surface area contributed by atoms with Crippen LogP contribution in [0.25, 0.3) is 0 Å². The molecule has 0 radical (unpaired) electrons. The minimum absolute atomic E-state index is 0.0415. The minimum atomic E-state index is -0.252. The van der Waals surface area contributed by atoms with E-state index in [-0.39, 0.29) is 24.6 Å². The van der Waals surface area contributed by atoms with Crippen molar-refractivity contribution in [2.45, 2.75) is 32.5 Å². The number of benzene rings is 1. The topological polar surface area (TPSA) is 44.7 Å². The van der Waals surface area contributed by atoms with Crippen molar-refractivity contribution >= 4 is 5.69 Å². The number of aliphatic hydroxyl groups excluding tert-OH is 1. The van der Waals surface area contributed by atoms with Gasteiger partial charge in [-0.05, 0) is 25.1 Å². The van der Waals surface area contributed by atoms with Crippen LogP contribution >= 0.6 is 0 Å². The Morgan fingerprint density at radius 1 is 1.50 bits per heavy atom. The summed E-state index contributed by atoms with van der Waals surface area (Å²) in [6, 6.07) is 5.26. The standard InChI is InChI=1S/C15H23FN2O2/c1-3-17-7-12-5-4-6-14(16)15(12)18-8-13(9-19)20-10-11(18)2/h4-6,11,13,17,19H,3,7-10H2,1-2H3. The molecule has 0 spiro atoms. The highest BCUT2D eigenvalue weighted by molar-refractivity contribution is 5.56. The maximum Gasteiger partial charge on any atom is 0.146 e. The van der Waals surface area contributed by atoms with Gasteiger partial charge in [0.15, 0.2) is 0 Å². The Hall–Kier alpha value is -1.17. The molecule has 2 atom stereocenters. The van der Waals surface area contributed by atoms with Crippen LogP contribution in [0.1, 0.15) is 19.4 Å². The largest absolute Gasteiger partial charge is 0.394 e. The van der Waals surface area contributed by atoms with Crippen LogP contribution in [0.2, 0.25) is 0 Å². The van der Waals surface area contributed by atoms with E-state index in [1.165, 1.54) is 6.07 Å². The lowest BCUT2D eigenvalue weighted by molar-refractivity contribution is -0.0105. The van der Waals surface area contributed by atoms with E-state index in [0.29, 0.717) is 25.4 Å². The molecule has 1 aromatic rings. The van der Waals surface area contributed by atoms with E-state index in [1.807, 2.05) is 24.8 Å². The number of rotatable bonds is 5. The molecule has 1 aliphatic rings. The van der Waals surface area contributed by atoms with E-state index in [4.69, 9.17) is 4.74 Å². The summed E-state index contributed by atoms with van der Waals surface area (Å²) in [5.74, 6) is -0.217. The summed E-state index contributed by atoms with van der Waals surface area (Å²) in [4.78, 5) is 2.01. The number of halogens is 1. The minimum Gasteiger partial charge on any atom is -0.394 e. The van der Waals surface area contributed by atoms with Gasteiger partial charge in [0.2, 0.25) is 0 Å². The summed E-state index contributed by atoms with van der Waals surface area (Å²) in [7, 11) is 0. The van der Waals surface area contributed by atoms with Gasteiger partial charge in [-0.3, -0.25) is 0 Å². The van der Waals surface area contributed by atoms with Crippen LogP contribution in [0.4, 0.5) is 10.1 Å². The van der Waals surface area contributed by atoms with Gasteiger partial charge in [-0.25, -0.2) is 4.39 Å². The van der Waals surface area contributed by atoms with E-state index in [0.717, 1.165) is 12.1 Å². The van der Waals surface area contributed by atoms with Crippen LogP contribution in [-0.4, -0.2) is 43.6 Å². The van der Waals surface area contributed by atoms with E-state index in [1.54, 1.807) is 6.07 Å². The fraction of sp³-hybridized carbons (Fsp3) is 0.600. The first kappa shape index (κ1) is 15.2.